The van der Waals surface area contributed by atoms with E-state index in [1.54, 1.807) is 24.3 Å². The Bertz CT molecular complexity index is 705. The fourth-order valence-electron chi connectivity index (χ4n) is 2.59. The molecule has 0 aliphatic carbocycles. The standard InChI is InChI=1S/C15H19ClN2O4S/c1-11(19)17-10-15(20)18-7-6-14(23(21,22)9-8-18)12-4-2-3-5-13(12)16/h2-5,14H,6-10H2,1H3,(H,17,19). The molecule has 0 radical (unpaired) electrons. The summed E-state index contributed by atoms with van der Waals surface area (Å²) in [6.07, 6.45) is 0.290. The van der Waals surface area contributed by atoms with E-state index in [9.17, 15) is 18.0 Å². The first-order valence-corrected chi connectivity index (χ1v) is 9.39. The molecule has 0 saturated carbocycles. The van der Waals surface area contributed by atoms with Gasteiger partial charge in [0.25, 0.3) is 0 Å². The van der Waals surface area contributed by atoms with Crippen LogP contribution in [0.1, 0.15) is 24.2 Å². The Morgan fingerprint density at radius 1 is 1.30 bits per heavy atom. The van der Waals surface area contributed by atoms with Crippen LogP contribution in [0.3, 0.4) is 0 Å². The molecule has 1 unspecified atom stereocenters. The van der Waals surface area contributed by atoms with E-state index < -0.39 is 15.1 Å². The summed E-state index contributed by atoms with van der Waals surface area (Å²) in [5.41, 5.74) is 0.574. The highest BCUT2D eigenvalue weighted by Crippen LogP contribution is 2.33. The van der Waals surface area contributed by atoms with Crippen LogP contribution in [0, 0.1) is 0 Å². The smallest absolute Gasteiger partial charge is 0.241 e. The molecule has 1 saturated heterocycles. The number of nitrogens with zero attached hydrogens (tertiary/aromatic N) is 1. The number of hydrogen-bond acceptors (Lipinski definition) is 4. The molecule has 1 aromatic rings. The van der Waals surface area contributed by atoms with Crippen molar-refractivity contribution in [3.8, 4) is 0 Å². The van der Waals surface area contributed by atoms with Gasteiger partial charge >= 0.3 is 0 Å². The molecule has 1 heterocycles. The van der Waals surface area contributed by atoms with Crippen LogP contribution in [0.4, 0.5) is 0 Å². The zero-order valence-electron chi connectivity index (χ0n) is 12.8. The molecule has 126 valence electrons. The van der Waals surface area contributed by atoms with E-state index in [-0.39, 0.29) is 37.1 Å². The molecule has 1 aromatic carbocycles. The van der Waals surface area contributed by atoms with Crippen molar-refractivity contribution in [1.82, 2.24) is 10.2 Å². The summed E-state index contributed by atoms with van der Waals surface area (Å²) in [6, 6.07) is 6.87. The van der Waals surface area contributed by atoms with Crippen molar-refractivity contribution >= 4 is 33.3 Å². The van der Waals surface area contributed by atoms with Gasteiger partial charge in [0, 0.05) is 25.0 Å². The van der Waals surface area contributed by atoms with Gasteiger partial charge < -0.3 is 10.2 Å². The van der Waals surface area contributed by atoms with E-state index in [1.165, 1.54) is 11.8 Å². The van der Waals surface area contributed by atoms with E-state index in [4.69, 9.17) is 11.6 Å². The number of benzene rings is 1. The molecule has 0 bridgehead atoms. The maximum absolute atomic E-state index is 12.5. The first kappa shape index (κ1) is 17.7. The molecule has 6 nitrogen and oxygen atoms in total. The minimum absolute atomic E-state index is 0.116. The van der Waals surface area contributed by atoms with Crippen molar-refractivity contribution in [3.05, 3.63) is 34.9 Å². The summed E-state index contributed by atoms with van der Waals surface area (Å²) < 4.78 is 25.0. The predicted octanol–water partition coefficient (Wildman–Crippen LogP) is 1.16. The molecule has 2 rings (SSSR count). The lowest BCUT2D eigenvalue weighted by Gasteiger charge is -2.20. The summed E-state index contributed by atoms with van der Waals surface area (Å²) >= 11 is 6.13. The van der Waals surface area contributed by atoms with Gasteiger partial charge in [-0.15, -0.1) is 0 Å². The Morgan fingerprint density at radius 3 is 2.65 bits per heavy atom. The predicted molar refractivity (Wildman–Crippen MR) is 87.9 cm³/mol. The third-order valence-corrected chi connectivity index (χ3v) is 6.29. The number of hydrogen-bond donors (Lipinski definition) is 1. The molecule has 1 fully saturated rings. The van der Waals surface area contributed by atoms with E-state index in [2.05, 4.69) is 5.32 Å². The highest BCUT2D eigenvalue weighted by atomic mass is 35.5. The van der Waals surface area contributed by atoms with Crippen LogP contribution >= 0.6 is 11.6 Å². The largest absolute Gasteiger partial charge is 0.347 e. The minimum Gasteiger partial charge on any atom is -0.347 e. The molecule has 2 amide bonds. The highest BCUT2D eigenvalue weighted by molar-refractivity contribution is 7.91. The summed E-state index contributed by atoms with van der Waals surface area (Å²) in [4.78, 5) is 24.4. The minimum atomic E-state index is -3.40. The quantitative estimate of drug-likeness (QED) is 0.879. The summed E-state index contributed by atoms with van der Waals surface area (Å²) in [7, 11) is -3.40. The van der Waals surface area contributed by atoms with Crippen LogP contribution < -0.4 is 5.32 Å². The third kappa shape index (κ3) is 4.45. The normalized spacial score (nSPS) is 20.6. The van der Waals surface area contributed by atoms with Gasteiger partial charge in [-0.25, -0.2) is 8.42 Å². The number of halogens is 1. The second kappa shape index (κ2) is 7.31. The van der Waals surface area contributed by atoms with Crippen LogP contribution in [0.5, 0.6) is 0 Å². The van der Waals surface area contributed by atoms with E-state index in [0.717, 1.165) is 0 Å². The van der Waals surface area contributed by atoms with Gasteiger partial charge in [0.1, 0.15) is 0 Å². The molecular formula is C15H19ClN2O4S. The number of carbonyl (C=O) groups is 2. The monoisotopic (exact) mass is 358 g/mol. The average molecular weight is 359 g/mol. The van der Waals surface area contributed by atoms with Gasteiger partial charge in [-0.05, 0) is 18.1 Å². The maximum atomic E-state index is 12.5. The van der Waals surface area contributed by atoms with Crippen molar-refractivity contribution in [2.75, 3.05) is 25.4 Å². The number of rotatable bonds is 3. The second-order valence-corrected chi connectivity index (χ2v) is 8.17. The molecular weight excluding hydrogens is 340 g/mol. The summed E-state index contributed by atoms with van der Waals surface area (Å²) in [5, 5.41) is 2.14. The lowest BCUT2D eigenvalue weighted by Crippen LogP contribution is -2.40. The highest BCUT2D eigenvalue weighted by Gasteiger charge is 2.33. The average Bonchev–Trinajstić information content (AvgIpc) is 2.64. The molecule has 1 aliphatic heterocycles. The van der Waals surface area contributed by atoms with Crippen LogP contribution in [-0.4, -0.2) is 50.5 Å². The maximum Gasteiger partial charge on any atom is 0.241 e. The van der Waals surface area contributed by atoms with Gasteiger partial charge in [0.2, 0.25) is 11.8 Å². The fraction of sp³-hybridized carbons (Fsp3) is 0.467. The SMILES string of the molecule is CC(=O)NCC(=O)N1CCC(c2ccccc2Cl)S(=O)(=O)CC1. The van der Waals surface area contributed by atoms with Crippen molar-refractivity contribution in [3.63, 3.8) is 0 Å². The molecule has 23 heavy (non-hydrogen) atoms. The molecule has 1 N–H and O–H groups in total. The van der Waals surface area contributed by atoms with Gasteiger partial charge in [0.15, 0.2) is 9.84 Å². The number of sulfone groups is 1. The lowest BCUT2D eigenvalue weighted by atomic mass is 10.1. The topological polar surface area (TPSA) is 83.6 Å². The Kier molecular flexibility index (Phi) is 5.64. The molecule has 8 heteroatoms. The van der Waals surface area contributed by atoms with E-state index in [0.29, 0.717) is 17.1 Å². The first-order chi connectivity index (χ1) is 10.8. The van der Waals surface area contributed by atoms with Gasteiger partial charge in [-0.1, -0.05) is 29.8 Å². The summed E-state index contributed by atoms with van der Waals surface area (Å²) in [5.74, 6) is -0.695. The van der Waals surface area contributed by atoms with Crippen molar-refractivity contribution in [2.45, 2.75) is 18.6 Å². The summed E-state index contributed by atoms with van der Waals surface area (Å²) in [6.45, 7) is 1.65. The zero-order valence-corrected chi connectivity index (χ0v) is 14.4. The third-order valence-electron chi connectivity index (χ3n) is 3.83. The van der Waals surface area contributed by atoms with Crippen molar-refractivity contribution in [2.24, 2.45) is 0 Å². The van der Waals surface area contributed by atoms with E-state index >= 15 is 0 Å². The Hall–Kier alpha value is -1.60. The Labute approximate surface area is 140 Å². The molecule has 1 atom stereocenters. The second-order valence-electron chi connectivity index (χ2n) is 5.46. The van der Waals surface area contributed by atoms with Gasteiger partial charge in [-0.3, -0.25) is 9.59 Å². The first-order valence-electron chi connectivity index (χ1n) is 7.29. The Morgan fingerprint density at radius 2 is 2.00 bits per heavy atom. The van der Waals surface area contributed by atoms with Crippen LogP contribution in [0.15, 0.2) is 24.3 Å². The zero-order chi connectivity index (χ0) is 17.0. The van der Waals surface area contributed by atoms with Crippen molar-refractivity contribution < 1.29 is 18.0 Å². The Balaban J connectivity index is 2.15. The molecule has 1 aliphatic rings. The van der Waals surface area contributed by atoms with Crippen LogP contribution in [0.2, 0.25) is 5.02 Å². The lowest BCUT2D eigenvalue weighted by molar-refractivity contribution is -0.132. The number of amides is 2. The molecule has 0 aromatic heterocycles. The number of nitrogens with one attached hydrogen (secondary N) is 1. The molecule has 0 spiro atoms. The van der Waals surface area contributed by atoms with Crippen LogP contribution in [0.25, 0.3) is 0 Å². The van der Waals surface area contributed by atoms with Gasteiger partial charge in [0.05, 0.1) is 17.5 Å². The van der Waals surface area contributed by atoms with E-state index in [1.807, 2.05) is 0 Å². The van der Waals surface area contributed by atoms with Crippen molar-refractivity contribution in [1.29, 1.82) is 0 Å². The van der Waals surface area contributed by atoms with Gasteiger partial charge in [-0.2, -0.15) is 0 Å². The fourth-order valence-corrected chi connectivity index (χ4v) is 4.74. The van der Waals surface area contributed by atoms with Crippen LogP contribution in [-0.2, 0) is 19.4 Å². The number of carbonyl (C=O) groups excluding carboxylic acids is 2.